The predicted octanol–water partition coefficient (Wildman–Crippen LogP) is 3.65. The molecule has 1 aromatic heterocycles. The molecule has 0 aliphatic rings. The highest BCUT2D eigenvalue weighted by Gasteiger charge is 2.15. The topological polar surface area (TPSA) is 62.3 Å². The maximum atomic E-state index is 12.4. The third kappa shape index (κ3) is 4.96. The van der Waals surface area contributed by atoms with Crippen molar-refractivity contribution in [2.24, 2.45) is 0 Å². The second kappa shape index (κ2) is 7.89. The molecule has 1 heterocycles. The lowest BCUT2D eigenvalue weighted by Crippen LogP contribution is -2.30. The van der Waals surface area contributed by atoms with E-state index in [4.69, 9.17) is 0 Å². The van der Waals surface area contributed by atoms with E-state index in [-0.39, 0.29) is 18.2 Å². The van der Waals surface area contributed by atoms with Gasteiger partial charge in [0.05, 0.1) is 23.7 Å². The molecular formula is C19H25N3O2S. The van der Waals surface area contributed by atoms with E-state index >= 15 is 0 Å². The van der Waals surface area contributed by atoms with Gasteiger partial charge in [0.2, 0.25) is 5.91 Å². The Morgan fingerprint density at radius 1 is 1.16 bits per heavy atom. The van der Waals surface area contributed by atoms with E-state index in [1.807, 2.05) is 39.6 Å². The van der Waals surface area contributed by atoms with Gasteiger partial charge in [-0.05, 0) is 45.9 Å². The fraction of sp³-hybridized carbons (Fsp3) is 0.421. The molecule has 0 aliphatic carbocycles. The van der Waals surface area contributed by atoms with Crippen molar-refractivity contribution in [3.8, 4) is 0 Å². The zero-order valence-corrected chi connectivity index (χ0v) is 16.5. The Hall–Kier alpha value is -2.05. The number of aryl methyl sites for hydroxylation is 4. The highest BCUT2D eigenvalue weighted by atomic mass is 32.1. The van der Waals surface area contributed by atoms with Gasteiger partial charge in [-0.1, -0.05) is 17.7 Å². The van der Waals surface area contributed by atoms with Crippen LogP contribution in [0.3, 0.4) is 0 Å². The molecule has 134 valence electrons. The normalized spacial score (nSPS) is 11.0. The summed E-state index contributed by atoms with van der Waals surface area (Å²) in [6.45, 7) is 10.2. The van der Waals surface area contributed by atoms with E-state index in [0.29, 0.717) is 11.4 Å². The number of Topliss-reactive ketones (excluding diaryl/α,β-unsaturated/α-hetero) is 1. The lowest BCUT2D eigenvalue weighted by molar-refractivity contribution is -0.117. The average Bonchev–Trinajstić information content (AvgIpc) is 2.83. The van der Waals surface area contributed by atoms with Crippen LogP contribution in [0.25, 0.3) is 0 Å². The van der Waals surface area contributed by atoms with Crippen molar-refractivity contribution in [1.29, 1.82) is 0 Å². The number of nitrogens with one attached hydrogen (secondary N) is 1. The molecule has 0 bridgehead atoms. The Kier molecular flexibility index (Phi) is 6.08. The fourth-order valence-corrected chi connectivity index (χ4v) is 3.97. The quantitative estimate of drug-likeness (QED) is 0.800. The fourth-order valence-electron chi connectivity index (χ4n) is 2.93. The number of benzene rings is 1. The van der Waals surface area contributed by atoms with E-state index in [0.717, 1.165) is 27.5 Å². The number of carbonyl (C=O) groups excluding carboxylic acids is 2. The first-order valence-corrected chi connectivity index (χ1v) is 9.02. The first-order chi connectivity index (χ1) is 11.7. The summed E-state index contributed by atoms with van der Waals surface area (Å²) in [5.41, 5.74) is 4.96. The van der Waals surface area contributed by atoms with Crippen molar-refractivity contribution in [1.82, 2.24) is 9.88 Å². The molecule has 25 heavy (non-hydrogen) atoms. The van der Waals surface area contributed by atoms with Gasteiger partial charge >= 0.3 is 0 Å². The molecule has 0 aliphatic heterocycles. The van der Waals surface area contributed by atoms with Crippen LogP contribution in [0.5, 0.6) is 0 Å². The Morgan fingerprint density at radius 2 is 1.76 bits per heavy atom. The van der Waals surface area contributed by atoms with Crippen molar-refractivity contribution < 1.29 is 9.59 Å². The zero-order valence-electron chi connectivity index (χ0n) is 15.7. The second-order valence-corrected chi connectivity index (χ2v) is 7.66. The van der Waals surface area contributed by atoms with Gasteiger partial charge in [0.1, 0.15) is 5.01 Å². The zero-order chi connectivity index (χ0) is 18.7. The van der Waals surface area contributed by atoms with Crippen molar-refractivity contribution in [2.45, 2.75) is 41.2 Å². The van der Waals surface area contributed by atoms with Crippen LogP contribution in [0.15, 0.2) is 12.1 Å². The van der Waals surface area contributed by atoms with E-state index < -0.39 is 0 Å². The van der Waals surface area contributed by atoms with E-state index in [9.17, 15) is 9.59 Å². The van der Waals surface area contributed by atoms with Crippen LogP contribution >= 0.6 is 11.3 Å². The molecule has 1 N–H and O–H groups in total. The van der Waals surface area contributed by atoms with Gasteiger partial charge in [0.15, 0.2) is 5.78 Å². The summed E-state index contributed by atoms with van der Waals surface area (Å²) in [5.74, 6) is -0.0235. The highest BCUT2D eigenvalue weighted by Crippen LogP contribution is 2.22. The van der Waals surface area contributed by atoms with Crippen LogP contribution in [-0.4, -0.2) is 35.2 Å². The summed E-state index contributed by atoms with van der Waals surface area (Å²) in [6, 6.07) is 4.13. The smallest absolute Gasteiger partial charge is 0.238 e. The van der Waals surface area contributed by atoms with Crippen LogP contribution in [-0.2, 0) is 11.3 Å². The van der Waals surface area contributed by atoms with Gasteiger partial charge in [-0.15, -0.1) is 11.3 Å². The largest absolute Gasteiger partial charge is 0.324 e. The average molecular weight is 359 g/mol. The lowest BCUT2D eigenvalue weighted by Gasteiger charge is -2.17. The Labute approximate surface area is 153 Å². The van der Waals surface area contributed by atoms with Crippen molar-refractivity contribution in [3.05, 3.63) is 44.4 Å². The number of rotatable bonds is 6. The molecular weight excluding hydrogens is 334 g/mol. The molecule has 0 fully saturated rings. The number of ketones is 1. The number of hydrogen-bond acceptors (Lipinski definition) is 5. The minimum atomic E-state index is -0.0578. The monoisotopic (exact) mass is 359 g/mol. The summed E-state index contributed by atoms with van der Waals surface area (Å²) in [6.07, 6.45) is 0. The van der Waals surface area contributed by atoms with Crippen LogP contribution in [0.1, 0.15) is 44.0 Å². The number of thiazole rings is 1. The molecule has 1 amide bonds. The second-order valence-electron chi connectivity index (χ2n) is 6.57. The highest BCUT2D eigenvalue weighted by molar-refractivity contribution is 7.13. The number of amides is 1. The number of aromatic nitrogens is 1. The van der Waals surface area contributed by atoms with Crippen LogP contribution in [0.2, 0.25) is 0 Å². The number of nitrogens with zero attached hydrogens (tertiary/aromatic N) is 2. The molecule has 2 rings (SSSR count). The predicted molar refractivity (Wildman–Crippen MR) is 102 cm³/mol. The van der Waals surface area contributed by atoms with Crippen molar-refractivity contribution in [3.63, 3.8) is 0 Å². The number of carbonyl (C=O) groups is 2. The molecule has 1 aromatic carbocycles. The Morgan fingerprint density at radius 3 is 2.28 bits per heavy atom. The molecule has 5 nitrogen and oxygen atoms in total. The maximum Gasteiger partial charge on any atom is 0.238 e. The summed E-state index contributed by atoms with van der Waals surface area (Å²) >= 11 is 1.40. The van der Waals surface area contributed by atoms with Crippen LogP contribution in [0.4, 0.5) is 5.69 Å². The first-order valence-electron chi connectivity index (χ1n) is 8.21. The van der Waals surface area contributed by atoms with Gasteiger partial charge in [-0.25, -0.2) is 4.98 Å². The molecule has 2 aromatic rings. The van der Waals surface area contributed by atoms with Crippen molar-refractivity contribution in [2.75, 3.05) is 18.9 Å². The molecule has 0 saturated carbocycles. The van der Waals surface area contributed by atoms with Crippen LogP contribution < -0.4 is 5.32 Å². The minimum Gasteiger partial charge on any atom is -0.324 e. The Balaban J connectivity index is 1.99. The molecule has 0 radical (unpaired) electrons. The summed E-state index contributed by atoms with van der Waals surface area (Å²) in [5, 5.41) is 3.85. The van der Waals surface area contributed by atoms with Gasteiger partial charge in [0, 0.05) is 12.6 Å². The number of hydrogen-bond donors (Lipinski definition) is 1. The third-order valence-electron chi connectivity index (χ3n) is 3.92. The van der Waals surface area contributed by atoms with E-state index in [1.165, 1.54) is 16.9 Å². The molecule has 0 atom stereocenters. The molecule has 6 heteroatoms. The standard InChI is InChI=1S/C19H25N3O2S/c1-11-7-12(2)18(13(3)8-11)21-16(24)9-22(6)10-17-20-14(4)19(25-17)15(5)23/h7-8H,9-10H2,1-6H3,(H,21,24). The Bertz CT molecular complexity index is 788. The minimum absolute atomic E-state index is 0.0342. The summed E-state index contributed by atoms with van der Waals surface area (Å²) in [4.78, 5) is 30.9. The maximum absolute atomic E-state index is 12.4. The summed E-state index contributed by atoms with van der Waals surface area (Å²) in [7, 11) is 1.87. The number of likely N-dealkylation sites (N-methyl/N-ethyl adjacent to an activating group) is 1. The van der Waals surface area contributed by atoms with E-state index in [2.05, 4.69) is 22.4 Å². The van der Waals surface area contributed by atoms with Gasteiger partial charge in [0.25, 0.3) is 0 Å². The van der Waals surface area contributed by atoms with Gasteiger partial charge in [-0.2, -0.15) is 0 Å². The third-order valence-corrected chi connectivity index (χ3v) is 5.16. The SMILES string of the molecule is CC(=O)c1sc(CN(C)CC(=O)Nc2c(C)cc(C)cc2C)nc1C. The van der Waals surface area contributed by atoms with Crippen molar-refractivity contribution >= 4 is 28.7 Å². The van der Waals surface area contributed by atoms with Gasteiger partial charge < -0.3 is 5.32 Å². The number of anilines is 1. The van der Waals surface area contributed by atoms with E-state index in [1.54, 1.807) is 6.92 Å². The molecule has 0 spiro atoms. The first kappa shape index (κ1) is 19.3. The van der Waals surface area contributed by atoms with Crippen LogP contribution in [0, 0.1) is 27.7 Å². The molecule has 0 unspecified atom stereocenters. The molecule has 0 saturated heterocycles. The summed E-state index contributed by atoms with van der Waals surface area (Å²) < 4.78 is 0. The lowest BCUT2D eigenvalue weighted by atomic mass is 10.1. The van der Waals surface area contributed by atoms with Gasteiger partial charge in [-0.3, -0.25) is 14.5 Å².